The minimum absolute atomic E-state index is 0.0778. The molecule has 0 heterocycles. The van der Waals surface area contributed by atoms with Crippen LogP contribution in [0.2, 0.25) is 0 Å². The molecule has 28 heavy (non-hydrogen) atoms. The zero-order valence-electron chi connectivity index (χ0n) is 16.3. The summed E-state index contributed by atoms with van der Waals surface area (Å²) in [7, 11) is 0. The number of anilines is 1. The molecule has 0 fully saturated rings. The van der Waals surface area contributed by atoms with Gasteiger partial charge in [-0.1, -0.05) is 62.4 Å². The van der Waals surface area contributed by atoms with Gasteiger partial charge in [-0.15, -0.1) is 0 Å². The zero-order valence-corrected chi connectivity index (χ0v) is 16.3. The first-order chi connectivity index (χ1) is 13.4. The van der Waals surface area contributed by atoms with Crippen molar-refractivity contribution in [3.05, 3.63) is 81.9 Å². The highest BCUT2D eigenvalue weighted by atomic mass is 16.6. The molecule has 1 atom stereocenters. The highest BCUT2D eigenvalue weighted by molar-refractivity contribution is 6.03. The standard InChI is InChI=1S/C23H24N2O3/c1-15(2)14-17-8-10-18(11-9-17)16(3)23(26)24-21-13-12-19-6-4-5-7-20(19)22(21)25(27)28/h4-13,15-16H,14H2,1-3H3,(H,24,26)/t16-/m1/s1. The molecule has 0 radical (unpaired) electrons. The van der Waals surface area contributed by atoms with E-state index in [4.69, 9.17) is 0 Å². The molecule has 0 aliphatic heterocycles. The third-order valence-corrected chi connectivity index (χ3v) is 4.86. The molecule has 5 nitrogen and oxygen atoms in total. The van der Waals surface area contributed by atoms with Crippen LogP contribution < -0.4 is 5.32 Å². The van der Waals surface area contributed by atoms with Crippen molar-refractivity contribution in [2.45, 2.75) is 33.1 Å². The van der Waals surface area contributed by atoms with E-state index in [1.807, 2.05) is 36.4 Å². The first-order valence-corrected chi connectivity index (χ1v) is 9.42. The molecule has 3 aromatic carbocycles. The van der Waals surface area contributed by atoms with Crippen LogP contribution in [0, 0.1) is 16.0 Å². The summed E-state index contributed by atoms with van der Waals surface area (Å²) >= 11 is 0. The number of nitrogens with one attached hydrogen (secondary N) is 1. The van der Waals surface area contributed by atoms with Crippen molar-refractivity contribution in [1.29, 1.82) is 0 Å². The van der Waals surface area contributed by atoms with Crippen molar-refractivity contribution in [3.8, 4) is 0 Å². The van der Waals surface area contributed by atoms with Crippen LogP contribution >= 0.6 is 0 Å². The van der Waals surface area contributed by atoms with Crippen molar-refractivity contribution in [2.75, 3.05) is 5.32 Å². The Morgan fingerprint density at radius 3 is 2.32 bits per heavy atom. The molecule has 0 saturated heterocycles. The summed E-state index contributed by atoms with van der Waals surface area (Å²) in [6, 6.07) is 18.5. The number of carbonyl (C=O) groups is 1. The Kier molecular flexibility index (Phi) is 5.73. The largest absolute Gasteiger partial charge is 0.320 e. The fourth-order valence-electron chi connectivity index (χ4n) is 3.36. The average Bonchev–Trinajstić information content (AvgIpc) is 2.67. The van der Waals surface area contributed by atoms with Crippen molar-refractivity contribution in [2.24, 2.45) is 5.92 Å². The fourth-order valence-corrected chi connectivity index (χ4v) is 3.36. The van der Waals surface area contributed by atoms with Crippen LogP contribution in [0.25, 0.3) is 10.8 Å². The summed E-state index contributed by atoms with van der Waals surface area (Å²) in [5.74, 6) is -0.116. The monoisotopic (exact) mass is 376 g/mol. The average molecular weight is 376 g/mol. The van der Waals surface area contributed by atoms with Gasteiger partial charge < -0.3 is 5.32 Å². The maximum atomic E-state index is 12.8. The van der Waals surface area contributed by atoms with E-state index in [2.05, 4.69) is 19.2 Å². The molecule has 0 aromatic heterocycles. The molecule has 0 aliphatic carbocycles. The van der Waals surface area contributed by atoms with Gasteiger partial charge >= 0.3 is 0 Å². The molecular formula is C23H24N2O3. The number of benzene rings is 3. The van der Waals surface area contributed by atoms with E-state index in [1.54, 1.807) is 31.2 Å². The van der Waals surface area contributed by atoms with Gasteiger partial charge in [0, 0.05) is 0 Å². The molecule has 0 saturated carbocycles. The van der Waals surface area contributed by atoms with E-state index in [0.29, 0.717) is 11.3 Å². The summed E-state index contributed by atoms with van der Waals surface area (Å²) in [6.45, 7) is 6.14. The Hall–Kier alpha value is -3.21. The van der Waals surface area contributed by atoms with Crippen molar-refractivity contribution >= 4 is 28.1 Å². The number of carbonyl (C=O) groups excluding carboxylic acids is 1. The first-order valence-electron chi connectivity index (χ1n) is 9.42. The van der Waals surface area contributed by atoms with Crippen molar-refractivity contribution in [1.82, 2.24) is 0 Å². The van der Waals surface area contributed by atoms with Gasteiger partial charge in [0.05, 0.1) is 16.2 Å². The SMILES string of the molecule is CC(C)Cc1ccc([C@@H](C)C(=O)Nc2ccc3ccccc3c2[N+](=O)[O-])cc1. The molecule has 0 spiro atoms. The predicted octanol–water partition coefficient (Wildman–Crippen LogP) is 5.69. The third-order valence-electron chi connectivity index (χ3n) is 4.86. The Balaban J connectivity index is 1.84. The highest BCUT2D eigenvalue weighted by Crippen LogP contribution is 2.34. The van der Waals surface area contributed by atoms with Gasteiger partial charge in [-0.2, -0.15) is 0 Å². The summed E-state index contributed by atoms with van der Waals surface area (Å²) in [5.41, 5.74) is 2.26. The van der Waals surface area contributed by atoms with E-state index in [-0.39, 0.29) is 17.3 Å². The molecular weight excluding hydrogens is 352 g/mol. The second-order valence-corrected chi connectivity index (χ2v) is 7.49. The van der Waals surface area contributed by atoms with E-state index in [0.717, 1.165) is 17.4 Å². The summed E-state index contributed by atoms with van der Waals surface area (Å²) in [5, 5.41) is 15.7. The molecule has 5 heteroatoms. The Labute approximate surface area is 164 Å². The third kappa shape index (κ3) is 4.19. The van der Waals surface area contributed by atoms with Gasteiger partial charge in [0.25, 0.3) is 5.69 Å². The van der Waals surface area contributed by atoms with Crippen LogP contribution in [0.15, 0.2) is 60.7 Å². The topological polar surface area (TPSA) is 72.2 Å². The lowest BCUT2D eigenvalue weighted by molar-refractivity contribution is -0.382. The van der Waals surface area contributed by atoms with Crippen LogP contribution in [0.3, 0.4) is 0 Å². The molecule has 0 unspecified atom stereocenters. The molecule has 144 valence electrons. The van der Waals surface area contributed by atoms with Gasteiger partial charge in [-0.25, -0.2) is 0 Å². The number of nitro benzene ring substituents is 1. The predicted molar refractivity (Wildman–Crippen MR) is 113 cm³/mol. The van der Waals surface area contributed by atoms with Crippen molar-refractivity contribution in [3.63, 3.8) is 0 Å². The maximum absolute atomic E-state index is 12.8. The smallest absolute Gasteiger partial charge is 0.300 e. The van der Waals surface area contributed by atoms with Crippen LogP contribution in [-0.2, 0) is 11.2 Å². The molecule has 1 amide bonds. The Morgan fingerprint density at radius 2 is 1.68 bits per heavy atom. The fraction of sp³-hybridized carbons (Fsp3) is 0.261. The minimum Gasteiger partial charge on any atom is -0.320 e. The van der Waals surface area contributed by atoms with Crippen LogP contribution in [0.1, 0.15) is 37.8 Å². The maximum Gasteiger partial charge on any atom is 0.300 e. The Bertz CT molecular complexity index is 1010. The van der Waals surface area contributed by atoms with Crippen LogP contribution in [0.4, 0.5) is 11.4 Å². The number of hydrogen-bond acceptors (Lipinski definition) is 3. The van der Waals surface area contributed by atoms with Crippen molar-refractivity contribution < 1.29 is 9.72 Å². The normalized spacial score (nSPS) is 12.1. The second-order valence-electron chi connectivity index (χ2n) is 7.49. The summed E-state index contributed by atoms with van der Waals surface area (Å²) in [6.07, 6.45) is 0.990. The lowest BCUT2D eigenvalue weighted by Crippen LogP contribution is -2.19. The van der Waals surface area contributed by atoms with Crippen LogP contribution in [0.5, 0.6) is 0 Å². The van der Waals surface area contributed by atoms with E-state index >= 15 is 0 Å². The number of nitrogens with zero attached hydrogens (tertiary/aromatic N) is 1. The quantitative estimate of drug-likeness (QED) is 0.444. The number of amides is 1. The van der Waals surface area contributed by atoms with Gasteiger partial charge in [-0.3, -0.25) is 14.9 Å². The van der Waals surface area contributed by atoms with Crippen LogP contribution in [-0.4, -0.2) is 10.8 Å². The number of nitro groups is 1. The molecule has 3 aromatic rings. The Morgan fingerprint density at radius 1 is 1.00 bits per heavy atom. The first kappa shape index (κ1) is 19.5. The number of rotatable bonds is 6. The van der Waals surface area contributed by atoms with Gasteiger partial charge in [-0.05, 0) is 47.9 Å². The highest BCUT2D eigenvalue weighted by Gasteiger charge is 2.22. The molecule has 0 aliphatic rings. The van der Waals surface area contributed by atoms with Gasteiger partial charge in [0.2, 0.25) is 5.91 Å². The summed E-state index contributed by atoms with van der Waals surface area (Å²) in [4.78, 5) is 23.9. The van der Waals surface area contributed by atoms with Gasteiger partial charge in [0.15, 0.2) is 0 Å². The minimum atomic E-state index is -0.441. The molecule has 3 rings (SSSR count). The van der Waals surface area contributed by atoms with E-state index in [1.165, 1.54) is 5.56 Å². The number of fused-ring (bicyclic) bond motifs is 1. The zero-order chi connectivity index (χ0) is 20.3. The number of hydrogen-bond donors (Lipinski definition) is 1. The summed E-state index contributed by atoms with van der Waals surface area (Å²) < 4.78 is 0. The lowest BCUT2D eigenvalue weighted by Gasteiger charge is -2.14. The lowest BCUT2D eigenvalue weighted by atomic mass is 9.96. The second kappa shape index (κ2) is 8.21. The van der Waals surface area contributed by atoms with E-state index < -0.39 is 10.8 Å². The van der Waals surface area contributed by atoms with Gasteiger partial charge in [0.1, 0.15) is 5.69 Å². The molecule has 1 N–H and O–H groups in total. The van der Waals surface area contributed by atoms with E-state index in [9.17, 15) is 14.9 Å². The molecule has 0 bridgehead atoms.